The third-order valence-corrected chi connectivity index (χ3v) is 4.57. The van der Waals surface area contributed by atoms with Gasteiger partial charge in [0.05, 0.1) is 5.92 Å². The molecule has 0 radical (unpaired) electrons. The molecule has 140 valence electrons. The van der Waals surface area contributed by atoms with Crippen molar-refractivity contribution in [2.24, 2.45) is 5.92 Å². The Kier molecular flexibility index (Phi) is 5.86. The van der Waals surface area contributed by atoms with Crippen LogP contribution in [0.25, 0.3) is 0 Å². The van der Waals surface area contributed by atoms with Crippen LogP contribution in [0.5, 0.6) is 0 Å². The predicted octanol–water partition coefficient (Wildman–Crippen LogP) is 2.67. The first-order chi connectivity index (χ1) is 13.0. The molecular weight excluding hydrogens is 342 g/mol. The Morgan fingerprint density at radius 3 is 2.26 bits per heavy atom. The summed E-state index contributed by atoms with van der Waals surface area (Å²) in [5.41, 5.74) is 2.49. The highest BCUT2D eigenvalue weighted by atomic mass is 16.2. The van der Waals surface area contributed by atoms with E-state index in [4.69, 9.17) is 0 Å². The zero-order valence-corrected chi connectivity index (χ0v) is 15.3. The topological polar surface area (TPSA) is 78.5 Å². The number of carbonyl (C=O) groups excluding carboxylic acids is 3. The molecule has 0 saturated carbocycles. The SMILES string of the molecule is CC(=O)Nc1ccc(NC(=O)[C@@H]2CC(=O)N(CCc3ccccc3)C2)cc1. The number of amides is 3. The molecule has 27 heavy (non-hydrogen) atoms. The third-order valence-electron chi connectivity index (χ3n) is 4.57. The number of nitrogens with one attached hydrogen (secondary N) is 2. The molecule has 3 amide bonds. The quantitative estimate of drug-likeness (QED) is 0.826. The molecule has 1 aliphatic rings. The van der Waals surface area contributed by atoms with Crippen LogP contribution in [0.2, 0.25) is 0 Å². The average molecular weight is 365 g/mol. The van der Waals surface area contributed by atoms with Crippen molar-refractivity contribution in [2.45, 2.75) is 19.8 Å². The molecule has 0 aromatic heterocycles. The van der Waals surface area contributed by atoms with Crippen LogP contribution in [-0.4, -0.2) is 35.7 Å². The van der Waals surface area contributed by atoms with Crippen molar-refractivity contribution >= 4 is 29.1 Å². The maximum absolute atomic E-state index is 12.5. The third kappa shape index (κ3) is 5.17. The largest absolute Gasteiger partial charge is 0.342 e. The van der Waals surface area contributed by atoms with Crippen molar-refractivity contribution in [1.29, 1.82) is 0 Å². The fourth-order valence-electron chi connectivity index (χ4n) is 3.16. The Bertz CT molecular complexity index is 818. The second-order valence-corrected chi connectivity index (χ2v) is 6.72. The first-order valence-corrected chi connectivity index (χ1v) is 9.01. The van der Waals surface area contributed by atoms with Gasteiger partial charge in [0.2, 0.25) is 17.7 Å². The molecule has 1 heterocycles. The van der Waals surface area contributed by atoms with Gasteiger partial charge in [-0.1, -0.05) is 30.3 Å². The van der Waals surface area contributed by atoms with Crippen LogP contribution in [0.15, 0.2) is 54.6 Å². The lowest BCUT2D eigenvalue weighted by molar-refractivity contribution is -0.128. The van der Waals surface area contributed by atoms with E-state index in [1.54, 1.807) is 29.2 Å². The Morgan fingerprint density at radius 1 is 1.00 bits per heavy atom. The molecule has 1 saturated heterocycles. The normalized spacial score (nSPS) is 16.3. The molecule has 2 aromatic carbocycles. The maximum atomic E-state index is 12.5. The molecule has 0 unspecified atom stereocenters. The Labute approximate surface area is 158 Å². The minimum absolute atomic E-state index is 0.0205. The average Bonchev–Trinajstić information content (AvgIpc) is 3.03. The van der Waals surface area contributed by atoms with Gasteiger partial charge in [-0.3, -0.25) is 14.4 Å². The van der Waals surface area contributed by atoms with Gasteiger partial charge in [0.25, 0.3) is 0 Å². The van der Waals surface area contributed by atoms with Crippen molar-refractivity contribution in [3.05, 3.63) is 60.2 Å². The molecule has 1 fully saturated rings. The van der Waals surface area contributed by atoms with Crippen LogP contribution in [0, 0.1) is 5.92 Å². The highest BCUT2D eigenvalue weighted by molar-refractivity contribution is 5.97. The molecule has 0 spiro atoms. The van der Waals surface area contributed by atoms with Gasteiger partial charge in [-0.25, -0.2) is 0 Å². The molecule has 1 aliphatic heterocycles. The summed E-state index contributed by atoms with van der Waals surface area (Å²) in [4.78, 5) is 37.5. The van der Waals surface area contributed by atoms with Gasteiger partial charge >= 0.3 is 0 Å². The van der Waals surface area contributed by atoms with Crippen LogP contribution in [-0.2, 0) is 20.8 Å². The number of hydrogen-bond acceptors (Lipinski definition) is 3. The van der Waals surface area contributed by atoms with Gasteiger partial charge in [-0.15, -0.1) is 0 Å². The van der Waals surface area contributed by atoms with Gasteiger partial charge in [0.1, 0.15) is 0 Å². The maximum Gasteiger partial charge on any atom is 0.229 e. The van der Waals surface area contributed by atoms with E-state index in [1.807, 2.05) is 30.3 Å². The summed E-state index contributed by atoms with van der Waals surface area (Å²) < 4.78 is 0. The zero-order chi connectivity index (χ0) is 19.2. The molecule has 0 bridgehead atoms. The predicted molar refractivity (Wildman–Crippen MR) is 104 cm³/mol. The van der Waals surface area contributed by atoms with E-state index in [0.717, 1.165) is 6.42 Å². The van der Waals surface area contributed by atoms with E-state index < -0.39 is 0 Å². The molecule has 2 N–H and O–H groups in total. The zero-order valence-electron chi connectivity index (χ0n) is 15.3. The van der Waals surface area contributed by atoms with Crippen molar-refractivity contribution in [2.75, 3.05) is 23.7 Å². The molecule has 3 rings (SSSR count). The van der Waals surface area contributed by atoms with Crippen molar-refractivity contribution in [1.82, 2.24) is 4.90 Å². The number of anilines is 2. The lowest BCUT2D eigenvalue weighted by atomic mass is 10.1. The van der Waals surface area contributed by atoms with Crippen LogP contribution in [0.4, 0.5) is 11.4 Å². The summed E-state index contributed by atoms with van der Waals surface area (Å²) >= 11 is 0. The van der Waals surface area contributed by atoms with E-state index in [-0.39, 0.29) is 30.1 Å². The van der Waals surface area contributed by atoms with Gasteiger partial charge in [-0.05, 0) is 36.2 Å². The summed E-state index contributed by atoms with van der Waals surface area (Å²) in [6.45, 7) is 2.51. The fraction of sp³-hybridized carbons (Fsp3) is 0.286. The smallest absolute Gasteiger partial charge is 0.229 e. The second kappa shape index (κ2) is 8.49. The summed E-state index contributed by atoms with van der Waals surface area (Å²) in [5.74, 6) is -0.625. The lowest BCUT2D eigenvalue weighted by Gasteiger charge is -2.16. The molecule has 2 aromatic rings. The van der Waals surface area contributed by atoms with Crippen molar-refractivity contribution in [3.63, 3.8) is 0 Å². The number of nitrogens with zero attached hydrogens (tertiary/aromatic N) is 1. The summed E-state index contributed by atoms with van der Waals surface area (Å²) in [6.07, 6.45) is 1.02. The van der Waals surface area contributed by atoms with Crippen molar-refractivity contribution < 1.29 is 14.4 Å². The Morgan fingerprint density at radius 2 is 1.63 bits per heavy atom. The number of rotatable bonds is 6. The highest BCUT2D eigenvalue weighted by Crippen LogP contribution is 2.21. The first kappa shape index (κ1) is 18.6. The minimum atomic E-state index is -0.344. The molecular formula is C21H23N3O3. The van der Waals surface area contributed by atoms with E-state index in [0.29, 0.717) is 24.5 Å². The first-order valence-electron chi connectivity index (χ1n) is 9.01. The summed E-state index contributed by atoms with van der Waals surface area (Å²) in [5, 5.41) is 5.53. The van der Waals surface area contributed by atoms with Crippen LogP contribution >= 0.6 is 0 Å². The minimum Gasteiger partial charge on any atom is -0.342 e. The summed E-state index contributed by atoms with van der Waals surface area (Å²) in [7, 11) is 0. The summed E-state index contributed by atoms with van der Waals surface area (Å²) in [6, 6.07) is 16.9. The van der Waals surface area contributed by atoms with E-state index in [2.05, 4.69) is 10.6 Å². The van der Waals surface area contributed by atoms with E-state index in [9.17, 15) is 14.4 Å². The number of carbonyl (C=O) groups is 3. The van der Waals surface area contributed by atoms with Crippen molar-refractivity contribution in [3.8, 4) is 0 Å². The van der Waals surface area contributed by atoms with Crippen LogP contribution in [0.1, 0.15) is 18.9 Å². The second-order valence-electron chi connectivity index (χ2n) is 6.72. The molecule has 6 nitrogen and oxygen atoms in total. The number of benzene rings is 2. The standard InChI is InChI=1S/C21H23N3O3/c1-15(25)22-18-7-9-19(10-8-18)23-21(27)17-13-20(26)24(14-17)12-11-16-5-3-2-4-6-16/h2-10,17H,11-14H2,1H3,(H,22,25)(H,23,27)/t17-/m1/s1. The van der Waals surface area contributed by atoms with Gasteiger partial charge in [0.15, 0.2) is 0 Å². The Balaban J connectivity index is 1.51. The lowest BCUT2D eigenvalue weighted by Crippen LogP contribution is -2.30. The number of likely N-dealkylation sites (tertiary alicyclic amines) is 1. The van der Waals surface area contributed by atoms with Gasteiger partial charge < -0.3 is 15.5 Å². The number of hydrogen-bond donors (Lipinski definition) is 2. The monoisotopic (exact) mass is 365 g/mol. The van der Waals surface area contributed by atoms with Crippen LogP contribution < -0.4 is 10.6 Å². The van der Waals surface area contributed by atoms with Gasteiger partial charge in [0, 0.05) is 37.8 Å². The van der Waals surface area contributed by atoms with Gasteiger partial charge in [-0.2, -0.15) is 0 Å². The molecule has 0 aliphatic carbocycles. The van der Waals surface area contributed by atoms with E-state index in [1.165, 1.54) is 12.5 Å². The molecule has 6 heteroatoms. The fourth-order valence-corrected chi connectivity index (χ4v) is 3.16. The van der Waals surface area contributed by atoms with E-state index >= 15 is 0 Å². The molecule has 1 atom stereocenters. The Hall–Kier alpha value is -3.15. The van der Waals surface area contributed by atoms with Crippen LogP contribution in [0.3, 0.4) is 0 Å². The highest BCUT2D eigenvalue weighted by Gasteiger charge is 2.33.